The number of phosphoric acid groups is 1. The first-order valence-electron chi connectivity index (χ1n) is 33.2. The SMILES string of the molecule is CCCCCCCC/C=C/CCCCCCCCCCCCCCCCCCCC(=O)OC(/C=C\CCCCCCCCCCCC)C(COP(=O)(O)OCC[N+](C)(C)C)NC(=O)CCCCCCCCCCCCC. The lowest BCUT2D eigenvalue weighted by Gasteiger charge is -2.27. The number of unbranched alkanes of at least 4 members (excludes halogenated alkanes) is 43. The van der Waals surface area contributed by atoms with Crippen molar-refractivity contribution >= 4 is 19.7 Å². The summed E-state index contributed by atoms with van der Waals surface area (Å²) in [5.41, 5.74) is 0. The highest BCUT2D eigenvalue weighted by atomic mass is 31.2. The Morgan fingerprint density at radius 2 is 0.763 bits per heavy atom. The van der Waals surface area contributed by atoms with Gasteiger partial charge in [0.25, 0.3) is 0 Å². The van der Waals surface area contributed by atoms with Gasteiger partial charge in [-0.15, -0.1) is 0 Å². The molecule has 0 fully saturated rings. The van der Waals surface area contributed by atoms with Crippen LogP contribution in [-0.4, -0.2) is 74.3 Å². The number of rotatable bonds is 61. The second-order valence-corrected chi connectivity index (χ2v) is 25.5. The van der Waals surface area contributed by atoms with Crippen LogP contribution in [0, 0.1) is 0 Å². The molecule has 0 aliphatic heterocycles. The zero-order valence-electron chi connectivity index (χ0n) is 51.5. The lowest BCUT2D eigenvalue weighted by atomic mass is 10.0. The van der Waals surface area contributed by atoms with E-state index < -0.39 is 20.0 Å². The predicted octanol–water partition coefficient (Wildman–Crippen LogP) is 20.5. The van der Waals surface area contributed by atoms with E-state index in [1.54, 1.807) is 0 Å². The molecule has 1 amide bonds. The summed E-state index contributed by atoms with van der Waals surface area (Å²) >= 11 is 0. The summed E-state index contributed by atoms with van der Waals surface area (Å²) in [6, 6.07) is -0.840. The minimum atomic E-state index is -4.44. The second kappa shape index (κ2) is 56.8. The topological polar surface area (TPSA) is 111 Å². The predicted molar refractivity (Wildman–Crippen MR) is 328 cm³/mol. The molecule has 0 saturated carbocycles. The van der Waals surface area contributed by atoms with Crippen molar-refractivity contribution in [2.75, 3.05) is 40.9 Å². The highest BCUT2D eigenvalue weighted by molar-refractivity contribution is 7.47. The van der Waals surface area contributed by atoms with E-state index >= 15 is 0 Å². The maximum atomic E-state index is 13.5. The van der Waals surface area contributed by atoms with Crippen LogP contribution in [0.2, 0.25) is 0 Å². The third kappa shape index (κ3) is 57.2. The molecule has 0 aliphatic carbocycles. The number of carbonyl (C=O) groups is 2. The number of nitrogens with zero attached hydrogens (tertiary/aromatic N) is 1. The number of hydrogen-bond acceptors (Lipinski definition) is 6. The van der Waals surface area contributed by atoms with Crippen LogP contribution in [0.15, 0.2) is 24.3 Å². The number of hydrogen-bond donors (Lipinski definition) is 2. The van der Waals surface area contributed by atoms with E-state index in [-0.39, 0.29) is 25.1 Å². The van der Waals surface area contributed by atoms with Crippen LogP contribution >= 0.6 is 7.82 Å². The number of nitrogens with one attached hydrogen (secondary N) is 1. The van der Waals surface area contributed by atoms with Crippen molar-refractivity contribution in [3.8, 4) is 0 Å². The molecule has 10 heteroatoms. The Labute approximate surface area is 473 Å². The van der Waals surface area contributed by atoms with Gasteiger partial charge in [0.1, 0.15) is 19.3 Å². The highest BCUT2D eigenvalue weighted by Crippen LogP contribution is 2.43. The molecule has 2 N–H and O–H groups in total. The standard InChI is InChI=1S/C66H129N2O7P/c1-7-10-13-16-19-22-25-27-28-29-30-31-32-33-34-35-36-37-38-39-40-41-44-47-50-53-56-59-66(70)75-64(57-54-51-48-45-43-26-23-20-17-14-11-8-2)63(62-74-76(71,72)73-61-60-68(4,5)6)67-65(69)58-55-52-49-46-42-24-21-18-15-12-9-3/h27-28,54,57,63-64H,7-26,29-53,55-56,58-62H2,1-6H3,(H-,67,69,71,72)/p+1/b28-27+,57-54-. The van der Waals surface area contributed by atoms with Crippen LogP contribution in [-0.2, 0) is 27.9 Å². The van der Waals surface area contributed by atoms with E-state index in [2.05, 4.69) is 38.2 Å². The van der Waals surface area contributed by atoms with Crippen LogP contribution in [0.3, 0.4) is 0 Å². The molecule has 0 saturated heterocycles. The Hall–Kier alpha value is -1.51. The van der Waals surface area contributed by atoms with E-state index in [0.717, 1.165) is 57.8 Å². The Morgan fingerprint density at radius 3 is 1.12 bits per heavy atom. The van der Waals surface area contributed by atoms with Gasteiger partial charge in [-0.2, -0.15) is 0 Å². The molecule has 3 atom stereocenters. The molecule has 0 radical (unpaired) electrons. The minimum Gasteiger partial charge on any atom is -0.456 e. The van der Waals surface area contributed by atoms with Crippen molar-refractivity contribution in [3.63, 3.8) is 0 Å². The molecule has 0 aromatic rings. The molecule has 0 bridgehead atoms. The number of allylic oxidation sites excluding steroid dienone is 3. The van der Waals surface area contributed by atoms with Gasteiger partial charge in [0, 0.05) is 12.8 Å². The Morgan fingerprint density at radius 1 is 0.447 bits per heavy atom. The summed E-state index contributed by atoms with van der Waals surface area (Å²) in [7, 11) is 1.51. The van der Waals surface area contributed by atoms with Gasteiger partial charge in [-0.1, -0.05) is 289 Å². The zero-order chi connectivity index (χ0) is 55.7. The fraction of sp³-hybridized carbons (Fsp3) is 0.909. The molecule has 0 spiro atoms. The molecule has 450 valence electrons. The number of esters is 1. The lowest BCUT2D eigenvalue weighted by Crippen LogP contribution is -2.47. The second-order valence-electron chi connectivity index (χ2n) is 24.0. The monoisotopic (exact) mass is 1090 g/mol. The van der Waals surface area contributed by atoms with E-state index in [0.29, 0.717) is 23.9 Å². The van der Waals surface area contributed by atoms with Crippen molar-refractivity contribution in [2.45, 2.75) is 348 Å². The molecular weight excluding hydrogens is 964 g/mol. The van der Waals surface area contributed by atoms with Crippen LogP contribution in [0.5, 0.6) is 0 Å². The first kappa shape index (κ1) is 74.5. The van der Waals surface area contributed by atoms with Crippen molar-refractivity contribution in [1.82, 2.24) is 5.32 Å². The maximum absolute atomic E-state index is 13.5. The Balaban J connectivity index is 4.93. The van der Waals surface area contributed by atoms with Gasteiger partial charge in [-0.3, -0.25) is 18.6 Å². The lowest BCUT2D eigenvalue weighted by molar-refractivity contribution is -0.870. The van der Waals surface area contributed by atoms with Crippen LogP contribution in [0.4, 0.5) is 0 Å². The smallest absolute Gasteiger partial charge is 0.456 e. The number of carbonyl (C=O) groups excluding carboxylic acids is 2. The largest absolute Gasteiger partial charge is 0.472 e. The van der Waals surface area contributed by atoms with Gasteiger partial charge in [-0.05, 0) is 57.4 Å². The molecule has 0 aliphatic rings. The van der Waals surface area contributed by atoms with Crippen molar-refractivity contribution < 1.29 is 37.3 Å². The fourth-order valence-corrected chi connectivity index (χ4v) is 10.7. The zero-order valence-corrected chi connectivity index (χ0v) is 52.4. The van der Waals surface area contributed by atoms with E-state index in [1.807, 2.05) is 33.3 Å². The van der Waals surface area contributed by atoms with Gasteiger partial charge in [0.15, 0.2) is 0 Å². The molecule has 0 aromatic carbocycles. The number of ether oxygens (including phenoxy) is 1. The number of amides is 1. The average molecular weight is 1090 g/mol. The van der Waals surface area contributed by atoms with Crippen molar-refractivity contribution in [3.05, 3.63) is 24.3 Å². The summed E-state index contributed by atoms with van der Waals surface area (Å²) in [6.07, 6.45) is 67.7. The quantitative estimate of drug-likeness (QED) is 0.0205. The highest BCUT2D eigenvalue weighted by Gasteiger charge is 2.30. The van der Waals surface area contributed by atoms with E-state index in [4.69, 9.17) is 13.8 Å². The number of phosphoric ester groups is 1. The summed E-state index contributed by atoms with van der Waals surface area (Å²) in [4.78, 5) is 37.7. The summed E-state index contributed by atoms with van der Waals surface area (Å²) < 4.78 is 30.7. The maximum Gasteiger partial charge on any atom is 0.472 e. The van der Waals surface area contributed by atoms with Gasteiger partial charge < -0.3 is 19.4 Å². The molecule has 9 nitrogen and oxygen atoms in total. The third-order valence-corrected chi connectivity index (χ3v) is 16.1. The summed E-state index contributed by atoms with van der Waals surface area (Å²) in [6.45, 7) is 7.04. The molecule has 0 heterocycles. The van der Waals surface area contributed by atoms with Crippen molar-refractivity contribution in [2.24, 2.45) is 0 Å². The van der Waals surface area contributed by atoms with Crippen molar-refractivity contribution in [1.29, 1.82) is 0 Å². The van der Waals surface area contributed by atoms with E-state index in [9.17, 15) is 19.0 Å². The first-order valence-corrected chi connectivity index (χ1v) is 34.7. The normalized spacial score (nSPS) is 13.7. The van der Waals surface area contributed by atoms with Gasteiger partial charge in [0.2, 0.25) is 5.91 Å². The first-order chi connectivity index (χ1) is 36.9. The molecule has 0 aromatic heterocycles. The summed E-state index contributed by atoms with van der Waals surface area (Å²) in [5.74, 6) is -0.488. The van der Waals surface area contributed by atoms with Crippen LogP contribution in [0.25, 0.3) is 0 Å². The Kier molecular flexibility index (Phi) is 55.6. The molecule has 3 unspecified atom stereocenters. The summed E-state index contributed by atoms with van der Waals surface area (Å²) in [5, 5.41) is 3.06. The minimum absolute atomic E-state index is 0.0445. The Bertz CT molecular complexity index is 1350. The molecule has 76 heavy (non-hydrogen) atoms. The fourth-order valence-electron chi connectivity index (χ4n) is 10.00. The number of likely N-dealkylation sites (N-methyl/N-ethyl adjacent to an activating group) is 1. The molecular formula is C66H130N2O7P+. The van der Waals surface area contributed by atoms with Crippen LogP contribution < -0.4 is 5.32 Å². The average Bonchev–Trinajstić information content (AvgIpc) is 3.38. The van der Waals surface area contributed by atoms with Gasteiger partial charge in [-0.25, -0.2) is 4.57 Å². The number of quaternary nitrogens is 1. The van der Waals surface area contributed by atoms with Crippen LogP contribution in [0.1, 0.15) is 335 Å². The van der Waals surface area contributed by atoms with Gasteiger partial charge in [0.05, 0.1) is 33.8 Å². The molecule has 0 rings (SSSR count). The van der Waals surface area contributed by atoms with E-state index in [1.165, 1.54) is 244 Å². The third-order valence-electron chi connectivity index (χ3n) is 15.1. The van der Waals surface area contributed by atoms with Gasteiger partial charge >= 0.3 is 13.8 Å².